The summed E-state index contributed by atoms with van der Waals surface area (Å²) in [6, 6.07) is 0. The second-order valence-electron chi connectivity index (χ2n) is 25.7. The van der Waals surface area contributed by atoms with E-state index in [2.05, 4.69) is 215 Å². The van der Waals surface area contributed by atoms with E-state index in [9.17, 15) is 0 Å². The molecule has 0 aromatic carbocycles. The first-order valence-electron chi connectivity index (χ1n) is 27.2. The molecule has 26 unspecified atom stereocenters. The summed E-state index contributed by atoms with van der Waals surface area (Å²) in [4.78, 5) is 0. The van der Waals surface area contributed by atoms with E-state index in [4.69, 9.17) is 0 Å². The molecule has 0 heterocycles. The van der Waals surface area contributed by atoms with Crippen molar-refractivity contribution in [3.05, 3.63) is 0 Å². The van der Waals surface area contributed by atoms with Crippen molar-refractivity contribution in [3.8, 4) is 0 Å². The lowest BCUT2D eigenvalue weighted by Crippen LogP contribution is -2.38. The highest BCUT2D eigenvalue weighted by molar-refractivity contribution is 4.89. The molecule has 0 saturated carbocycles. The molecule has 0 radical (unpaired) electrons. The predicted octanol–water partition coefficient (Wildman–Crippen LogP) is 19.5. The molecule has 0 aromatic heterocycles. The van der Waals surface area contributed by atoms with Gasteiger partial charge in [-0.05, 0) is 172 Å². The van der Waals surface area contributed by atoms with Crippen LogP contribution in [0.2, 0.25) is 0 Å². The Kier molecular flexibility index (Phi) is 26.2. The average Bonchev–Trinajstić information content (AvgIpc) is 3.23. The lowest BCUT2D eigenvalue weighted by molar-refractivity contribution is 0.0388. The van der Waals surface area contributed by atoms with Crippen LogP contribution in [0.4, 0.5) is 0 Å². The van der Waals surface area contributed by atoms with Crippen molar-refractivity contribution in [2.75, 3.05) is 0 Å². The van der Waals surface area contributed by atoms with Crippen LogP contribution < -0.4 is 0 Å². The third-order valence-electron chi connectivity index (χ3n) is 23.7. The summed E-state index contributed by atoms with van der Waals surface area (Å²) in [5, 5.41) is 0. The van der Waals surface area contributed by atoms with E-state index in [1.165, 1.54) is 0 Å². The van der Waals surface area contributed by atoms with E-state index >= 15 is 0 Å². The molecule has 0 amide bonds. The highest BCUT2D eigenvalue weighted by Crippen LogP contribution is 2.47. The summed E-state index contributed by atoms with van der Waals surface area (Å²) < 4.78 is 0. The molecule has 0 N–H and O–H groups in total. The zero-order valence-corrected chi connectivity index (χ0v) is 47.7. The zero-order valence-electron chi connectivity index (χ0n) is 47.7. The molecule has 362 valence electrons. The van der Waals surface area contributed by atoms with Crippen LogP contribution in [0.1, 0.15) is 215 Å². The van der Waals surface area contributed by atoms with Gasteiger partial charge in [-0.15, -0.1) is 0 Å². The molecule has 0 saturated heterocycles. The molecule has 0 nitrogen and oxygen atoms in total. The average molecular weight is 844 g/mol. The van der Waals surface area contributed by atoms with Crippen LogP contribution in [0, 0.1) is 172 Å². The zero-order chi connectivity index (χ0) is 47.7. The first-order chi connectivity index (χ1) is 27.2. The molecule has 0 bridgehead atoms. The Morgan fingerprint density at radius 3 is 0.183 bits per heavy atom. The third-order valence-corrected chi connectivity index (χ3v) is 23.7. The lowest BCUT2D eigenvalue weighted by Gasteiger charge is -2.45. The highest BCUT2D eigenvalue weighted by Gasteiger charge is 2.41. The Hall–Kier alpha value is 0. The summed E-state index contributed by atoms with van der Waals surface area (Å²) in [6.07, 6.45) is 0. The quantitative estimate of drug-likeness (QED) is 0.0736. The van der Waals surface area contributed by atoms with E-state index in [0.29, 0.717) is 29.6 Å². The Balaban J connectivity index is 5.67. The molecule has 60 heavy (non-hydrogen) atoms. The topological polar surface area (TPSA) is 0 Å². The molecular weight excluding hydrogens is 721 g/mol. The van der Waals surface area contributed by atoms with E-state index in [0.717, 1.165) is 142 Å². The van der Waals surface area contributed by atoms with Crippen LogP contribution in [0.5, 0.6) is 0 Å². The third kappa shape index (κ3) is 15.0. The molecule has 0 aromatic rings. The second kappa shape index (κ2) is 26.2. The standard InChI is InChI=1S/C60H122/c1-32(2)34(5)36(7)38(9)40(11)42(13)44(15)46(17)48(19)50(21)52(23)54(25)56(27)58(29)60(31)59(30)57(28)55(26)53(24)51(22)49(20)47(18)45(16)43(14)41(12)39(10)37(8)35(6)33(3)4/h32-60H,1-31H3. The van der Waals surface area contributed by atoms with Crippen molar-refractivity contribution in [1.29, 1.82) is 0 Å². The minimum absolute atomic E-state index is 0.716. The first-order valence-corrected chi connectivity index (χ1v) is 27.2. The van der Waals surface area contributed by atoms with Crippen LogP contribution in [-0.4, -0.2) is 0 Å². The SMILES string of the molecule is CC(C)C(C)C(C)C(C)C(C)C(C)C(C)C(C)C(C)C(C)C(C)C(C)C(C)C(C)C(C)C(C)C(C)C(C)C(C)C(C)C(C)C(C)C(C)C(C)C(C)C(C)C(C)C(C)C(C)C. The first kappa shape index (κ1) is 60.0. The van der Waals surface area contributed by atoms with Crippen molar-refractivity contribution < 1.29 is 0 Å². The van der Waals surface area contributed by atoms with Gasteiger partial charge in [-0.3, -0.25) is 0 Å². The van der Waals surface area contributed by atoms with Gasteiger partial charge in [-0.25, -0.2) is 0 Å². The van der Waals surface area contributed by atoms with Gasteiger partial charge < -0.3 is 0 Å². The van der Waals surface area contributed by atoms with Crippen molar-refractivity contribution >= 4 is 0 Å². The molecule has 0 rings (SSSR count). The maximum atomic E-state index is 2.61. The Morgan fingerprint density at radius 1 is 0.0833 bits per heavy atom. The van der Waals surface area contributed by atoms with Crippen LogP contribution in [0.25, 0.3) is 0 Å². The number of hydrogen-bond donors (Lipinski definition) is 0. The number of rotatable bonds is 28. The largest absolute Gasteiger partial charge is 0.0625 e. The summed E-state index contributed by atoms with van der Waals surface area (Å²) in [7, 11) is 0. The van der Waals surface area contributed by atoms with Gasteiger partial charge in [-0.2, -0.15) is 0 Å². The smallest absolute Gasteiger partial charge is 0.0386 e. The fraction of sp³-hybridized carbons (Fsp3) is 1.00. The second-order valence-corrected chi connectivity index (χ2v) is 25.7. The minimum atomic E-state index is 0.716. The van der Waals surface area contributed by atoms with Gasteiger partial charge in [0.2, 0.25) is 0 Å². The van der Waals surface area contributed by atoms with Gasteiger partial charge in [0.15, 0.2) is 0 Å². The molecule has 0 aliphatic rings. The molecule has 0 spiro atoms. The molecule has 0 aliphatic carbocycles. The van der Waals surface area contributed by atoms with Crippen LogP contribution in [0.3, 0.4) is 0 Å². The molecular formula is C60H122. The predicted molar refractivity (Wildman–Crippen MR) is 277 cm³/mol. The fourth-order valence-corrected chi connectivity index (χ4v) is 13.2. The van der Waals surface area contributed by atoms with Crippen molar-refractivity contribution in [2.45, 2.75) is 215 Å². The van der Waals surface area contributed by atoms with Gasteiger partial charge in [0.05, 0.1) is 0 Å². The molecule has 0 aliphatic heterocycles. The van der Waals surface area contributed by atoms with Crippen molar-refractivity contribution in [3.63, 3.8) is 0 Å². The van der Waals surface area contributed by atoms with Crippen molar-refractivity contribution in [1.82, 2.24) is 0 Å². The molecule has 26 atom stereocenters. The van der Waals surface area contributed by atoms with Gasteiger partial charge in [0.1, 0.15) is 0 Å². The van der Waals surface area contributed by atoms with E-state index in [1.54, 1.807) is 0 Å². The summed E-state index contributed by atoms with van der Waals surface area (Å²) in [6.45, 7) is 79.3. The molecule has 0 fully saturated rings. The van der Waals surface area contributed by atoms with E-state index in [1.807, 2.05) is 0 Å². The number of hydrogen-bond acceptors (Lipinski definition) is 0. The van der Waals surface area contributed by atoms with Gasteiger partial charge in [0, 0.05) is 0 Å². The van der Waals surface area contributed by atoms with Gasteiger partial charge in [-0.1, -0.05) is 215 Å². The summed E-state index contributed by atoms with van der Waals surface area (Å²) in [5.41, 5.74) is 0. The maximum Gasteiger partial charge on any atom is -0.0386 e. The van der Waals surface area contributed by atoms with Gasteiger partial charge in [0.25, 0.3) is 0 Å². The van der Waals surface area contributed by atoms with Crippen molar-refractivity contribution in [2.24, 2.45) is 172 Å². The normalized spacial score (nSPS) is 26.8. The van der Waals surface area contributed by atoms with Crippen LogP contribution in [-0.2, 0) is 0 Å². The monoisotopic (exact) mass is 843 g/mol. The minimum Gasteiger partial charge on any atom is -0.0625 e. The summed E-state index contributed by atoms with van der Waals surface area (Å²) >= 11 is 0. The van der Waals surface area contributed by atoms with Gasteiger partial charge >= 0.3 is 0 Å². The van der Waals surface area contributed by atoms with E-state index < -0.39 is 0 Å². The maximum absolute atomic E-state index is 2.61. The summed E-state index contributed by atoms with van der Waals surface area (Å²) in [5.74, 6) is 21.4. The Labute approximate surface area is 384 Å². The highest BCUT2D eigenvalue weighted by atomic mass is 14.5. The lowest BCUT2D eigenvalue weighted by atomic mass is 9.61. The van der Waals surface area contributed by atoms with E-state index in [-0.39, 0.29) is 0 Å². The fourth-order valence-electron chi connectivity index (χ4n) is 13.2. The Bertz CT molecular complexity index is 1030. The molecule has 0 heteroatoms. The Morgan fingerprint density at radius 2 is 0.133 bits per heavy atom. The van der Waals surface area contributed by atoms with Crippen LogP contribution in [0.15, 0.2) is 0 Å². The van der Waals surface area contributed by atoms with Crippen LogP contribution >= 0.6 is 0 Å².